The molecule has 2 heterocycles. The largest absolute Gasteiger partial charge is 0.299 e. The second-order valence-corrected chi connectivity index (χ2v) is 8.79. The molecule has 0 unspecified atom stereocenters. The van der Waals surface area contributed by atoms with Crippen LogP contribution >= 0.6 is 22.9 Å². The molecule has 0 bridgehead atoms. The van der Waals surface area contributed by atoms with E-state index in [0.717, 1.165) is 21.8 Å². The van der Waals surface area contributed by atoms with E-state index < -0.39 is 10.0 Å². The molecular formula is C19H14ClN3O2S2. The Labute approximate surface area is 165 Å². The van der Waals surface area contributed by atoms with E-state index in [1.807, 2.05) is 52.5 Å². The number of nitrogens with two attached hydrogens (primary N) is 1. The summed E-state index contributed by atoms with van der Waals surface area (Å²) in [5.41, 5.74) is 2.52. The standard InChI is InChI=1S/C19H14ClN3O2S2/c20-14-5-7-15(8-6-14)23-12-17(18-2-1-11-26-18)22-19(23)13-3-9-16(10-4-13)27(21,24)25/h1-12H,(H2,21,24,25). The Morgan fingerprint density at radius 1 is 1.00 bits per heavy atom. The SMILES string of the molecule is NS(=O)(=O)c1ccc(-c2nc(-c3cccs3)cn2-c2ccc(Cl)cc2)cc1. The van der Waals surface area contributed by atoms with Gasteiger partial charge in [-0.05, 0) is 60.0 Å². The first kappa shape index (κ1) is 17.9. The first-order chi connectivity index (χ1) is 12.9. The summed E-state index contributed by atoms with van der Waals surface area (Å²) in [5.74, 6) is 0.696. The average Bonchev–Trinajstić information content (AvgIpc) is 3.31. The van der Waals surface area contributed by atoms with E-state index in [1.54, 1.807) is 23.5 Å². The van der Waals surface area contributed by atoms with Crippen LogP contribution in [0.2, 0.25) is 5.02 Å². The molecule has 0 fully saturated rings. The van der Waals surface area contributed by atoms with Crippen LogP contribution in [0.1, 0.15) is 0 Å². The second-order valence-electron chi connectivity index (χ2n) is 5.84. The van der Waals surface area contributed by atoms with Crippen LogP contribution in [0.15, 0.2) is 77.1 Å². The number of imidazole rings is 1. The normalized spacial score (nSPS) is 11.6. The van der Waals surface area contributed by atoms with Crippen molar-refractivity contribution >= 4 is 33.0 Å². The number of primary sulfonamides is 1. The predicted octanol–water partition coefficient (Wildman–Crippen LogP) is 4.57. The molecule has 27 heavy (non-hydrogen) atoms. The molecule has 0 aliphatic heterocycles. The predicted molar refractivity (Wildman–Crippen MR) is 109 cm³/mol. The van der Waals surface area contributed by atoms with Gasteiger partial charge in [-0.25, -0.2) is 18.5 Å². The number of sulfonamides is 1. The maximum Gasteiger partial charge on any atom is 0.238 e. The summed E-state index contributed by atoms with van der Waals surface area (Å²) in [4.78, 5) is 5.88. The fraction of sp³-hybridized carbons (Fsp3) is 0. The number of benzene rings is 2. The van der Waals surface area contributed by atoms with Crippen molar-refractivity contribution in [2.24, 2.45) is 5.14 Å². The van der Waals surface area contributed by atoms with Gasteiger partial charge in [0, 0.05) is 22.5 Å². The van der Waals surface area contributed by atoms with E-state index in [-0.39, 0.29) is 4.90 Å². The van der Waals surface area contributed by atoms with E-state index in [1.165, 1.54) is 12.1 Å². The molecular weight excluding hydrogens is 402 g/mol. The summed E-state index contributed by atoms with van der Waals surface area (Å²) >= 11 is 7.61. The van der Waals surface area contributed by atoms with Gasteiger partial charge in [0.05, 0.1) is 15.5 Å². The minimum absolute atomic E-state index is 0.0642. The van der Waals surface area contributed by atoms with Crippen LogP contribution < -0.4 is 5.14 Å². The zero-order valence-corrected chi connectivity index (χ0v) is 16.3. The maximum absolute atomic E-state index is 11.5. The van der Waals surface area contributed by atoms with Gasteiger partial charge in [0.15, 0.2) is 0 Å². The van der Waals surface area contributed by atoms with Crippen LogP contribution in [0.4, 0.5) is 0 Å². The lowest BCUT2D eigenvalue weighted by Crippen LogP contribution is -2.11. The van der Waals surface area contributed by atoms with Crippen LogP contribution in [0.3, 0.4) is 0 Å². The Morgan fingerprint density at radius 2 is 1.70 bits per heavy atom. The smallest absolute Gasteiger partial charge is 0.238 e. The number of thiophene rings is 1. The minimum Gasteiger partial charge on any atom is -0.299 e. The molecule has 0 aliphatic carbocycles. The molecule has 0 saturated carbocycles. The molecule has 2 aromatic carbocycles. The monoisotopic (exact) mass is 415 g/mol. The third-order valence-corrected chi connectivity index (χ3v) is 6.10. The number of hydrogen-bond donors (Lipinski definition) is 1. The summed E-state index contributed by atoms with van der Waals surface area (Å²) in [7, 11) is -3.74. The molecule has 2 aromatic heterocycles. The molecule has 8 heteroatoms. The van der Waals surface area contributed by atoms with Crippen molar-refractivity contribution in [2.45, 2.75) is 4.90 Å². The second kappa shape index (κ2) is 6.94. The van der Waals surface area contributed by atoms with Crippen LogP contribution in [-0.2, 0) is 10.0 Å². The Hall–Kier alpha value is -2.45. The van der Waals surface area contributed by atoms with Gasteiger partial charge in [-0.15, -0.1) is 11.3 Å². The number of aromatic nitrogens is 2. The highest BCUT2D eigenvalue weighted by Crippen LogP contribution is 2.30. The van der Waals surface area contributed by atoms with Crippen LogP contribution in [0, 0.1) is 0 Å². The molecule has 0 spiro atoms. The number of rotatable bonds is 4. The number of halogens is 1. The summed E-state index contributed by atoms with van der Waals surface area (Å²) in [6.45, 7) is 0. The molecule has 4 rings (SSSR count). The fourth-order valence-electron chi connectivity index (χ4n) is 2.72. The van der Waals surface area contributed by atoms with Crippen molar-refractivity contribution < 1.29 is 8.42 Å². The van der Waals surface area contributed by atoms with E-state index in [9.17, 15) is 8.42 Å². The summed E-state index contributed by atoms with van der Waals surface area (Å²) in [6, 6.07) is 17.8. The lowest BCUT2D eigenvalue weighted by atomic mass is 10.2. The molecule has 136 valence electrons. The van der Waals surface area contributed by atoms with Crippen LogP contribution in [0.5, 0.6) is 0 Å². The summed E-state index contributed by atoms with van der Waals surface area (Å²) in [5, 5.41) is 7.84. The van der Waals surface area contributed by atoms with E-state index in [4.69, 9.17) is 21.7 Å². The number of nitrogens with zero attached hydrogens (tertiary/aromatic N) is 2. The number of hydrogen-bond acceptors (Lipinski definition) is 4. The first-order valence-electron chi connectivity index (χ1n) is 7.94. The highest BCUT2D eigenvalue weighted by molar-refractivity contribution is 7.89. The van der Waals surface area contributed by atoms with Crippen molar-refractivity contribution in [1.29, 1.82) is 0 Å². The van der Waals surface area contributed by atoms with Gasteiger partial charge >= 0.3 is 0 Å². The molecule has 0 atom stereocenters. The van der Waals surface area contributed by atoms with Crippen molar-refractivity contribution in [2.75, 3.05) is 0 Å². The third-order valence-electron chi connectivity index (χ3n) is 4.03. The minimum atomic E-state index is -3.74. The Morgan fingerprint density at radius 3 is 2.30 bits per heavy atom. The van der Waals surface area contributed by atoms with E-state index in [2.05, 4.69) is 0 Å². The van der Waals surface area contributed by atoms with E-state index in [0.29, 0.717) is 10.8 Å². The summed E-state index contributed by atoms with van der Waals surface area (Å²) in [6.07, 6.45) is 1.96. The van der Waals surface area contributed by atoms with Crippen LogP contribution in [-0.4, -0.2) is 18.0 Å². The van der Waals surface area contributed by atoms with Crippen molar-refractivity contribution in [3.05, 3.63) is 77.3 Å². The fourth-order valence-corrected chi connectivity index (χ4v) is 4.04. The van der Waals surface area contributed by atoms with Gasteiger partial charge < -0.3 is 0 Å². The van der Waals surface area contributed by atoms with Gasteiger partial charge in [-0.3, -0.25) is 4.57 Å². The maximum atomic E-state index is 11.5. The average molecular weight is 416 g/mol. The Balaban J connectivity index is 1.86. The molecule has 0 aliphatic rings. The van der Waals surface area contributed by atoms with Gasteiger partial charge in [0.25, 0.3) is 0 Å². The highest BCUT2D eigenvalue weighted by atomic mass is 35.5. The molecule has 0 saturated heterocycles. The lowest BCUT2D eigenvalue weighted by Gasteiger charge is -2.08. The third kappa shape index (κ3) is 3.68. The van der Waals surface area contributed by atoms with E-state index >= 15 is 0 Å². The highest BCUT2D eigenvalue weighted by Gasteiger charge is 2.15. The van der Waals surface area contributed by atoms with Gasteiger partial charge in [0.2, 0.25) is 10.0 Å². The quantitative estimate of drug-likeness (QED) is 0.530. The zero-order chi connectivity index (χ0) is 19.0. The molecule has 5 nitrogen and oxygen atoms in total. The summed E-state index contributed by atoms with van der Waals surface area (Å²) < 4.78 is 25.0. The zero-order valence-electron chi connectivity index (χ0n) is 13.9. The molecule has 4 aromatic rings. The van der Waals surface area contributed by atoms with Gasteiger partial charge in [0.1, 0.15) is 5.82 Å². The Kier molecular flexibility index (Phi) is 4.61. The molecule has 2 N–H and O–H groups in total. The van der Waals surface area contributed by atoms with Crippen molar-refractivity contribution in [3.63, 3.8) is 0 Å². The van der Waals surface area contributed by atoms with Gasteiger partial charge in [-0.1, -0.05) is 17.7 Å². The lowest BCUT2D eigenvalue weighted by molar-refractivity contribution is 0.598. The van der Waals surface area contributed by atoms with Crippen molar-refractivity contribution in [1.82, 2.24) is 9.55 Å². The molecule has 0 radical (unpaired) electrons. The Bertz CT molecular complexity index is 1180. The van der Waals surface area contributed by atoms with Crippen LogP contribution in [0.25, 0.3) is 27.6 Å². The van der Waals surface area contributed by atoms with Gasteiger partial charge in [-0.2, -0.15) is 0 Å². The van der Waals surface area contributed by atoms with Crippen molar-refractivity contribution in [3.8, 4) is 27.6 Å². The molecule has 0 amide bonds. The topological polar surface area (TPSA) is 78.0 Å². The first-order valence-corrected chi connectivity index (χ1v) is 10.7.